The number of carbonyl (C=O) groups excluding carboxylic acids is 2. The number of halogens is 1. The molecule has 6 nitrogen and oxygen atoms in total. The molecule has 1 saturated heterocycles. The second-order valence-corrected chi connectivity index (χ2v) is 7.40. The second-order valence-electron chi connectivity index (χ2n) is 6.99. The average Bonchev–Trinajstić information content (AvgIpc) is 3.34. The van der Waals surface area contributed by atoms with Gasteiger partial charge in [0.05, 0.1) is 29.7 Å². The molecule has 2 bridgehead atoms. The van der Waals surface area contributed by atoms with Crippen LogP contribution in [0.15, 0.2) is 29.4 Å². The Labute approximate surface area is 168 Å². The number of hydrogen-bond donors (Lipinski definition) is 0. The lowest BCUT2D eigenvalue weighted by Crippen LogP contribution is -2.28. The maximum Gasteiger partial charge on any atom is 0.254 e. The summed E-state index contributed by atoms with van der Waals surface area (Å²) in [5.41, 5.74) is 0.584. The Kier molecular flexibility index (Phi) is 4.86. The van der Waals surface area contributed by atoms with Crippen LogP contribution in [0.1, 0.15) is 18.9 Å². The zero-order valence-electron chi connectivity index (χ0n) is 15.3. The molecular formula is C21H19ClN2O4. The Bertz CT molecular complexity index is 903. The molecule has 2 amide bonds. The highest BCUT2D eigenvalue weighted by Gasteiger charge is 2.59. The molecule has 2 aliphatic carbocycles. The molecule has 0 radical (unpaired) electrons. The summed E-state index contributed by atoms with van der Waals surface area (Å²) in [6.45, 7) is 2.30. The number of benzene rings is 1. The van der Waals surface area contributed by atoms with Crippen LogP contribution in [0.3, 0.4) is 0 Å². The van der Waals surface area contributed by atoms with Crippen LogP contribution in [0.2, 0.25) is 5.02 Å². The minimum Gasteiger partial charge on any atom is -0.490 e. The van der Waals surface area contributed by atoms with Crippen LogP contribution < -0.4 is 9.47 Å². The third-order valence-electron chi connectivity index (χ3n) is 5.40. The number of carbonyl (C=O) groups is 2. The number of hydrazone groups is 1. The van der Waals surface area contributed by atoms with Crippen LogP contribution in [0, 0.1) is 36.0 Å². The van der Waals surface area contributed by atoms with Gasteiger partial charge in [0.1, 0.15) is 6.61 Å². The third kappa shape index (κ3) is 2.96. The Morgan fingerprint density at radius 3 is 2.54 bits per heavy atom. The van der Waals surface area contributed by atoms with Crippen molar-refractivity contribution in [3.63, 3.8) is 0 Å². The highest BCUT2D eigenvalue weighted by atomic mass is 35.5. The number of fused-ring (bicyclic) bond motifs is 5. The minimum absolute atomic E-state index is 0.0587. The number of hydrogen-bond acceptors (Lipinski definition) is 5. The van der Waals surface area contributed by atoms with Crippen LogP contribution in [0.4, 0.5) is 0 Å². The van der Waals surface area contributed by atoms with Crippen molar-refractivity contribution in [1.29, 1.82) is 0 Å². The molecule has 28 heavy (non-hydrogen) atoms. The molecule has 1 saturated carbocycles. The van der Waals surface area contributed by atoms with Crippen molar-refractivity contribution in [2.24, 2.45) is 28.8 Å². The van der Waals surface area contributed by atoms with E-state index >= 15 is 0 Å². The van der Waals surface area contributed by atoms with E-state index in [1.54, 1.807) is 12.1 Å². The van der Waals surface area contributed by atoms with Crippen molar-refractivity contribution < 1.29 is 19.1 Å². The lowest BCUT2D eigenvalue weighted by molar-refractivity contribution is -0.140. The smallest absolute Gasteiger partial charge is 0.254 e. The number of ether oxygens (including phenoxy) is 2. The summed E-state index contributed by atoms with van der Waals surface area (Å²) in [6, 6.07) is 3.30. The summed E-state index contributed by atoms with van der Waals surface area (Å²) < 4.78 is 11.0. The van der Waals surface area contributed by atoms with Crippen molar-refractivity contribution in [3.8, 4) is 23.8 Å². The fourth-order valence-electron chi connectivity index (χ4n) is 4.30. The molecule has 7 heteroatoms. The van der Waals surface area contributed by atoms with Gasteiger partial charge in [0.15, 0.2) is 11.5 Å². The van der Waals surface area contributed by atoms with Crippen LogP contribution in [-0.2, 0) is 9.59 Å². The van der Waals surface area contributed by atoms with Gasteiger partial charge in [-0.25, -0.2) is 0 Å². The van der Waals surface area contributed by atoms with Gasteiger partial charge in [0.2, 0.25) is 0 Å². The SMILES string of the molecule is C#CCOc1c(Cl)cc(/C=N\N2C(=O)[C@@H]3[C@H](C2=O)[C@H]2C=C[C@@H]3C2)cc1OCC. The zero-order valence-corrected chi connectivity index (χ0v) is 16.1. The van der Waals surface area contributed by atoms with Crippen molar-refractivity contribution >= 4 is 29.6 Å². The Hall–Kier alpha value is -2.78. The molecular weight excluding hydrogens is 380 g/mol. The first-order chi connectivity index (χ1) is 13.5. The van der Waals surface area contributed by atoms with E-state index in [0.29, 0.717) is 28.7 Å². The van der Waals surface area contributed by atoms with E-state index in [2.05, 4.69) is 11.0 Å². The van der Waals surface area contributed by atoms with Crippen LogP contribution in [-0.4, -0.2) is 36.3 Å². The molecule has 4 rings (SSSR count). The Morgan fingerprint density at radius 2 is 1.93 bits per heavy atom. The van der Waals surface area contributed by atoms with Crippen LogP contribution in [0.5, 0.6) is 11.5 Å². The van der Waals surface area contributed by atoms with E-state index in [0.717, 1.165) is 11.4 Å². The van der Waals surface area contributed by atoms with E-state index in [-0.39, 0.29) is 42.1 Å². The number of imide groups is 1. The van der Waals surface area contributed by atoms with Gasteiger partial charge in [-0.3, -0.25) is 9.59 Å². The largest absolute Gasteiger partial charge is 0.490 e. The Balaban J connectivity index is 1.57. The van der Waals surface area contributed by atoms with Crippen LogP contribution >= 0.6 is 11.6 Å². The van der Waals surface area contributed by atoms with E-state index in [9.17, 15) is 9.59 Å². The van der Waals surface area contributed by atoms with Crippen molar-refractivity contribution in [3.05, 3.63) is 34.9 Å². The molecule has 144 valence electrons. The van der Waals surface area contributed by atoms with Gasteiger partial charge in [-0.2, -0.15) is 10.1 Å². The van der Waals surface area contributed by atoms with E-state index in [1.807, 2.05) is 19.1 Å². The summed E-state index contributed by atoms with van der Waals surface area (Å²) >= 11 is 6.29. The third-order valence-corrected chi connectivity index (χ3v) is 5.68. The molecule has 1 heterocycles. The summed E-state index contributed by atoms with van der Waals surface area (Å²) in [5.74, 6) is 2.45. The normalized spacial score (nSPS) is 27.5. The predicted octanol–water partition coefficient (Wildman–Crippen LogP) is 2.89. The maximum absolute atomic E-state index is 12.7. The van der Waals surface area contributed by atoms with Crippen molar-refractivity contribution in [2.45, 2.75) is 13.3 Å². The number of allylic oxidation sites excluding steroid dienone is 2. The molecule has 4 atom stereocenters. The highest BCUT2D eigenvalue weighted by molar-refractivity contribution is 6.32. The molecule has 2 fully saturated rings. The number of amides is 2. The van der Waals surface area contributed by atoms with Crippen molar-refractivity contribution in [2.75, 3.05) is 13.2 Å². The number of nitrogens with zero attached hydrogens (tertiary/aromatic N) is 2. The van der Waals surface area contributed by atoms with Gasteiger partial charge in [0.25, 0.3) is 11.8 Å². The fourth-order valence-corrected chi connectivity index (χ4v) is 4.58. The summed E-state index contributed by atoms with van der Waals surface area (Å²) in [4.78, 5) is 25.4. The minimum atomic E-state index is -0.276. The lowest BCUT2D eigenvalue weighted by atomic mass is 9.85. The van der Waals surface area contributed by atoms with Crippen molar-refractivity contribution in [1.82, 2.24) is 5.01 Å². The van der Waals surface area contributed by atoms with Gasteiger partial charge in [-0.15, -0.1) is 6.42 Å². The Morgan fingerprint density at radius 1 is 1.25 bits per heavy atom. The molecule has 0 unspecified atom stereocenters. The summed E-state index contributed by atoms with van der Waals surface area (Å²) in [5, 5.41) is 5.47. The van der Waals surface area contributed by atoms with Gasteiger partial charge in [0, 0.05) is 0 Å². The first kappa shape index (κ1) is 18.6. The highest BCUT2D eigenvalue weighted by Crippen LogP contribution is 2.52. The summed E-state index contributed by atoms with van der Waals surface area (Å²) in [7, 11) is 0. The van der Waals surface area contributed by atoms with Crippen LogP contribution in [0.25, 0.3) is 0 Å². The van der Waals surface area contributed by atoms with Gasteiger partial charge in [-0.1, -0.05) is 29.7 Å². The molecule has 1 aliphatic heterocycles. The molecule has 3 aliphatic rings. The molecule has 0 N–H and O–H groups in total. The fraction of sp³-hybridized carbons (Fsp3) is 0.381. The van der Waals surface area contributed by atoms with E-state index in [4.69, 9.17) is 27.5 Å². The first-order valence-corrected chi connectivity index (χ1v) is 9.55. The number of rotatable bonds is 6. The molecule has 1 aromatic rings. The molecule has 1 aromatic carbocycles. The van der Waals surface area contributed by atoms with Gasteiger partial charge < -0.3 is 9.47 Å². The summed E-state index contributed by atoms with van der Waals surface area (Å²) in [6.07, 6.45) is 11.7. The van der Waals surface area contributed by atoms with Gasteiger partial charge in [-0.05, 0) is 42.9 Å². The van der Waals surface area contributed by atoms with E-state index in [1.165, 1.54) is 6.21 Å². The maximum atomic E-state index is 12.7. The van der Waals surface area contributed by atoms with E-state index < -0.39 is 0 Å². The standard InChI is InChI=1S/C21H19ClN2O4/c1-3-7-28-19-15(22)8-12(9-16(19)27-4-2)11-23-24-20(25)17-13-5-6-14(10-13)18(17)21(24)26/h1,5-6,8-9,11,13-14,17-18H,4,7,10H2,2H3/b23-11-/t13-,14+,17+,18-. The molecule has 0 aromatic heterocycles. The molecule has 0 spiro atoms. The predicted molar refractivity (Wildman–Crippen MR) is 104 cm³/mol. The van der Waals surface area contributed by atoms with Gasteiger partial charge >= 0.3 is 0 Å². The second kappa shape index (κ2) is 7.33. The number of terminal acetylenes is 1. The average molecular weight is 399 g/mol. The monoisotopic (exact) mass is 398 g/mol. The first-order valence-electron chi connectivity index (χ1n) is 9.17. The quantitative estimate of drug-likeness (QED) is 0.320. The topological polar surface area (TPSA) is 68.2 Å². The lowest BCUT2D eigenvalue weighted by Gasteiger charge is -2.13. The zero-order chi connectivity index (χ0) is 19.8.